The van der Waals surface area contributed by atoms with E-state index < -0.39 is 6.10 Å². The summed E-state index contributed by atoms with van der Waals surface area (Å²) >= 11 is 1.78. The molecule has 1 aliphatic rings. The summed E-state index contributed by atoms with van der Waals surface area (Å²) in [5.41, 5.74) is 1.13. The predicted octanol–water partition coefficient (Wildman–Crippen LogP) is 3.35. The highest BCUT2D eigenvalue weighted by atomic mass is 32.1. The van der Waals surface area contributed by atoms with E-state index in [0.717, 1.165) is 23.6 Å². The maximum Gasteiger partial charge on any atom is 0.231 e. The van der Waals surface area contributed by atoms with Crippen molar-refractivity contribution in [2.24, 2.45) is 0 Å². The van der Waals surface area contributed by atoms with Gasteiger partial charge in [-0.2, -0.15) is 0 Å². The molecular weight excluding hydrogens is 350 g/mol. The molecule has 0 saturated heterocycles. The fourth-order valence-electron chi connectivity index (χ4n) is 2.91. The highest BCUT2D eigenvalue weighted by molar-refractivity contribution is 7.11. The lowest BCUT2D eigenvalue weighted by Gasteiger charge is -2.25. The number of aliphatic hydroxyl groups excluding tert-OH is 1. The Morgan fingerprint density at radius 2 is 2.12 bits per heavy atom. The molecule has 0 spiro atoms. The summed E-state index contributed by atoms with van der Waals surface area (Å²) in [5, 5.41) is 10.3. The molecule has 6 heteroatoms. The summed E-state index contributed by atoms with van der Waals surface area (Å²) in [6.07, 6.45) is 1.14. The van der Waals surface area contributed by atoms with E-state index in [4.69, 9.17) is 14.2 Å². The lowest BCUT2D eigenvalue weighted by molar-refractivity contribution is 0.0230. The fourth-order valence-corrected chi connectivity index (χ4v) is 3.84. The third-order valence-corrected chi connectivity index (χ3v) is 5.02. The second-order valence-electron chi connectivity index (χ2n) is 6.35. The minimum atomic E-state index is -0.551. The van der Waals surface area contributed by atoms with Crippen molar-refractivity contribution in [2.75, 3.05) is 26.6 Å². The van der Waals surface area contributed by atoms with Gasteiger partial charge in [-0.05, 0) is 36.8 Å². The van der Waals surface area contributed by atoms with Gasteiger partial charge in [0, 0.05) is 29.4 Å². The molecule has 0 radical (unpaired) electrons. The molecule has 2 heterocycles. The zero-order chi connectivity index (χ0) is 18.4. The maximum absolute atomic E-state index is 10.3. The van der Waals surface area contributed by atoms with Crippen molar-refractivity contribution in [1.29, 1.82) is 0 Å². The molecule has 1 atom stereocenters. The molecule has 0 saturated carbocycles. The molecule has 1 aromatic carbocycles. The van der Waals surface area contributed by atoms with Crippen LogP contribution in [0.25, 0.3) is 0 Å². The summed E-state index contributed by atoms with van der Waals surface area (Å²) in [6, 6.07) is 10.3. The number of hydrogen-bond donors (Lipinski definition) is 1. The molecular formula is C20H25NO4S. The second kappa shape index (κ2) is 9.19. The Balaban J connectivity index is 1.66. The summed E-state index contributed by atoms with van der Waals surface area (Å²) < 4.78 is 16.2. The lowest BCUT2D eigenvalue weighted by atomic mass is 10.1. The highest BCUT2D eigenvalue weighted by Gasteiger charge is 2.17. The summed E-state index contributed by atoms with van der Waals surface area (Å²) in [7, 11) is 0. The van der Waals surface area contributed by atoms with Gasteiger partial charge in [0.1, 0.15) is 0 Å². The van der Waals surface area contributed by atoms with Crippen molar-refractivity contribution in [2.45, 2.75) is 26.1 Å². The largest absolute Gasteiger partial charge is 0.454 e. The van der Waals surface area contributed by atoms with E-state index in [2.05, 4.69) is 30.5 Å². The summed E-state index contributed by atoms with van der Waals surface area (Å²) in [5.74, 6) is 1.57. The van der Waals surface area contributed by atoms with Crippen molar-refractivity contribution >= 4 is 11.3 Å². The van der Waals surface area contributed by atoms with Gasteiger partial charge in [0.25, 0.3) is 0 Å². The zero-order valence-electron chi connectivity index (χ0n) is 15.0. The Labute approximate surface area is 158 Å². The van der Waals surface area contributed by atoms with E-state index in [0.29, 0.717) is 26.3 Å². The molecule has 0 amide bonds. The van der Waals surface area contributed by atoms with E-state index in [1.807, 2.05) is 18.2 Å². The van der Waals surface area contributed by atoms with Gasteiger partial charge in [-0.15, -0.1) is 17.9 Å². The molecule has 26 heavy (non-hydrogen) atoms. The van der Waals surface area contributed by atoms with Crippen molar-refractivity contribution in [3.05, 3.63) is 58.3 Å². The maximum atomic E-state index is 10.3. The average Bonchev–Trinajstić information content (AvgIpc) is 3.23. The van der Waals surface area contributed by atoms with Crippen LogP contribution in [0.3, 0.4) is 0 Å². The number of benzene rings is 1. The fraction of sp³-hybridized carbons (Fsp3) is 0.400. The molecule has 0 unspecified atom stereocenters. The van der Waals surface area contributed by atoms with Crippen LogP contribution in [0, 0.1) is 6.92 Å². The van der Waals surface area contributed by atoms with Crippen molar-refractivity contribution in [3.63, 3.8) is 0 Å². The molecule has 0 fully saturated rings. The third kappa shape index (κ3) is 5.32. The van der Waals surface area contributed by atoms with Gasteiger partial charge in [-0.1, -0.05) is 12.1 Å². The van der Waals surface area contributed by atoms with Crippen LogP contribution in [0.4, 0.5) is 0 Å². The molecule has 140 valence electrons. The Bertz CT molecular complexity index is 730. The number of thiophene rings is 1. The molecule has 2 aromatic rings. The van der Waals surface area contributed by atoms with Gasteiger partial charge in [0.15, 0.2) is 11.5 Å². The number of ether oxygens (including phenoxy) is 3. The van der Waals surface area contributed by atoms with E-state index in [1.54, 1.807) is 17.4 Å². The average molecular weight is 375 g/mol. The molecule has 5 nitrogen and oxygen atoms in total. The SMILES string of the molecule is C=CCOC[C@H](O)CN(Cc1ccc2c(c1)OCO2)Cc1ccc(C)s1. The zero-order valence-corrected chi connectivity index (χ0v) is 15.8. The van der Waals surface area contributed by atoms with E-state index in [9.17, 15) is 5.11 Å². The first-order chi connectivity index (χ1) is 12.6. The monoisotopic (exact) mass is 375 g/mol. The minimum absolute atomic E-state index is 0.274. The van der Waals surface area contributed by atoms with Crippen LogP contribution in [0.2, 0.25) is 0 Å². The number of aryl methyl sites for hydroxylation is 1. The summed E-state index contributed by atoms with van der Waals surface area (Å²) in [4.78, 5) is 4.80. The van der Waals surface area contributed by atoms with E-state index in [1.165, 1.54) is 9.75 Å². The van der Waals surface area contributed by atoms with Gasteiger partial charge >= 0.3 is 0 Å². The number of hydrogen-bond acceptors (Lipinski definition) is 6. The lowest BCUT2D eigenvalue weighted by Crippen LogP contribution is -2.34. The first-order valence-electron chi connectivity index (χ1n) is 8.67. The Hall–Kier alpha value is -1.86. The van der Waals surface area contributed by atoms with Crippen LogP contribution >= 0.6 is 11.3 Å². The van der Waals surface area contributed by atoms with E-state index >= 15 is 0 Å². The number of rotatable bonds is 10. The molecule has 1 N–H and O–H groups in total. The van der Waals surface area contributed by atoms with Crippen molar-refractivity contribution in [3.8, 4) is 11.5 Å². The Morgan fingerprint density at radius 3 is 2.88 bits per heavy atom. The first kappa shape index (κ1) is 18.9. The normalized spacial score (nSPS) is 14.0. The number of aliphatic hydroxyl groups is 1. The van der Waals surface area contributed by atoms with E-state index in [-0.39, 0.29) is 6.79 Å². The predicted molar refractivity (Wildman–Crippen MR) is 103 cm³/mol. The highest BCUT2D eigenvalue weighted by Crippen LogP contribution is 2.33. The van der Waals surface area contributed by atoms with Crippen LogP contribution in [-0.4, -0.2) is 42.7 Å². The standard InChI is InChI=1S/C20H25NO4S/c1-3-8-23-13-17(22)11-21(12-18-6-4-15(2)26-18)10-16-5-7-19-20(9-16)25-14-24-19/h3-7,9,17,22H,1,8,10-14H2,2H3/t17-/m1/s1. The quantitative estimate of drug-likeness (QED) is 0.510. The van der Waals surface area contributed by atoms with Crippen LogP contribution in [0.15, 0.2) is 43.0 Å². The van der Waals surface area contributed by atoms with Gasteiger partial charge in [0.05, 0.1) is 19.3 Å². The third-order valence-electron chi connectivity index (χ3n) is 4.03. The number of fused-ring (bicyclic) bond motifs is 1. The first-order valence-corrected chi connectivity index (χ1v) is 9.48. The molecule has 0 bridgehead atoms. The van der Waals surface area contributed by atoms with Gasteiger partial charge in [-0.3, -0.25) is 4.90 Å². The van der Waals surface area contributed by atoms with Crippen LogP contribution in [-0.2, 0) is 17.8 Å². The molecule has 1 aliphatic heterocycles. The Kier molecular flexibility index (Phi) is 6.68. The summed E-state index contributed by atoms with van der Waals surface area (Å²) in [6.45, 7) is 8.78. The van der Waals surface area contributed by atoms with Gasteiger partial charge < -0.3 is 19.3 Å². The molecule has 3 rings (SSSR count). The van der Waals surface area contributed by atoms with Gasteiger partial charge in [0.2, 0.25) is 6.79 Å². The minimum Gasteiger partial charge on any atom is -0.454 e. The topological polar surface area (TPSA) is 51.2 Å². The Morgan fingerprint density at radius 1 is 1.27 bits per heavy atom. The molecule has 1 aromatic heterocycles. The van der Waals surface area contributed by atoms with Crippen LogP contribution in [0.1, 0.15) is 15.3 Å². The molecule has 0 aliphatic carbocycles. The smallest absolute Gasteiger partial charge is 0.231 e. The van der Waals surface area contributed by atoms with Crippen molar-refractivity contribution < 1.29 is 19.3 Å². The van der Waals surface area contributed by atoms with Crippen molar-refractivity contribution in [1.82, 2.24) is 4.90 Å². The van der Waals surface area contributed by atoms with Crippen LogP contribution in [0.5, 0.6) is 11.5 Å². The van der Waals surface area contributed by atoms with Crippen LogP contribution < -0.4 is 9.47 Å². The van der Waals surface area contributed by atoms with Gasteiger partial charge in [-0.25, -0.2) is 0 Å². The number of nitrogens with zero attached hydrogens (tertiary/aromatic N) is 1. The second-order valence-corrected chi connectivity index (χ2v) is 7.72.